The first-order valence-electron chi connectivity index (χ1n) is 11.2. The van der Waals surface area contributed by atoms with Gasteiger partial charge < -0.3 is 10.2 Å². The molecule has 0 aliphatic heterocycles. The minimum atomic E-state index is -4.25. The van der Waals surface area contributed by atoms with Crippen LogP contribution >= 0.6 is 23.2 Å². The summed E-state index contributed by atoms with van der Waals surface area (Å²) in [6.07, 6.45) is 0. The number of likely N-dealkylation sites (N-methyl/N-ethyl adjacent to an activating group) is 1. The summed E-state index contributed by atoms with van der Waals surface area (Å²) in [5, 5.41) is 2.77. The minimum Gasteiger partial charge on any atom is -0.357 e. The summed E-state index contributed by atoms with van der Waals surface area (Å²) < 4.78 is 42.8. The van der Waals surface area contributed by atoms with Crippen molar-refractivity contribution in [3.63, 3.8) is 0 Å². The van der Waals surface area contributed by atoms with Crippen LogP contribution in [0.25, 0.3) is 0 Å². The molecule has 0 aromatic heterocycles. The molecule has 7 nitrogen and oxygen atoms in total. The Kier molecular flexibility index (Phi) is 9.17. The summed E-state index contributed by atoms with van der Waals surface area (Å²) in [6.45, 7) is 2.37. The standard InChI is InChI=1S/C26H26Cl2FN3O4S/c1-17-8-11-21(12-9-17)37(35,36)32(20-10-13-22(27)23(28)14-20)16-25(33)31(18(2)26(34)30-3)15-19-6-4-5-7-24(19)29/h4-14,18H,15-16H2,1-3H3,(H,30,34)/t18-/m0/s1. The number of hydrogen-bond acceptors (Lipinski definition) is 4. The predicted octanol–water partition coefficient (Wildman–Crippen LogP) is 4.80. The van der Waals surface area contributed by atoms with Crippen molar-refractivity contribution in [3.8, 4) is 0 Å². The van der Waals surface area contributed by atoms with Crippen LogP contribution in [0, 0.1) is 12.7 Å². The molecule has 0 saturated heterocycles. The Morgan fingerprint density at radius 1 is 1.00 bits per heavy atom. The van der Waals surface area contributed by atoms with E-state index < -0.39 is 40.2 Å². The van der Waals surface area contributed by atoms with Crippen molar-refractivity contribution in [2.75, 3.05) is 17.9 Å². The average Bonchev–Trinajstić information content (AvgIpc) is 2.87. The maximum atomic E-state index is 14.4. The van der Waals surface area contributed by atoms with Crippen LogP contribution in [0.5, 0.6) is 0 Å². The van der Waals surface area contributed by atoms with Gasteiger partial charge in [-0.2, -0.15) is 0 Å². The molecular formula is C26H26Cl2FN3O4S. The largest absolute Gasteiger partial charge is 0.357 e. The summed E-state index contributed by atoms with van der Waals surface area (Å²) in [7, 11) is -2.84. The van der Waals surface area contributed by atoms with Crippen molar-refractivity contribution >= 4 is 50.7 Å². The Labute approximate surface area is 225 Å². The fourth-order valence-corrected chi connectivity index (χ4v) is 5.31. The van der Waals surface area contributed by atoms with Gasteiger partial charge >= 0.3 is 0 Å². The van der Waals surface area contributed by atoms with Crippen LogP contribution in [0.2, 0.25) is 10.0 Å². The van der Waals surface area contributed by atoms with Gasteiger partial charge in [0, 0.05) is 19.2 Å². The lowest BCUT2D eigenvalue weighted by molar-refractivity contribution is -0.139. The first kappa shape index (κ1) is 28.4. The number of hydrogen-bond donors (Lipinski definition) is 1. The molecule has 0 saturated carbocycles. The van der Waals surface area contributed by atoms with Crippen molar-refractivity contribution in [2.24, 2.45) is 0 Å². The second-order valence-electron chi connectivity index (χ2n) is 8.33. The third-order valence-corrected chi connectivity index (χ3v) is 8.32. The molecule has 3 aromatic carbocycles. The third kappa shape index (κ3) is 6.60. The smallest absolute Gasteiger partial charge is 0.264 e. The highest BCUT2D eigenvalue weighted by Gasteiger charge is 2.32. The maximum Gasteiger partial charge on any atom is 0.264 e. The topological polar surface area (TPSA) is 86.8 Å². The zero-order valence-corrected chi connectivity index (χ0v) is 22.7. The number of nitrogens with one attached hydrogen (secondary N) is 1. The van der Waals surface area contributed by atoms with E-state index in [0.717, 1.165) is 14.8 Å². The van der Waals surface area contributed by atoms with E-state index in [9.17, 15) is 22.4 Å². The van der Waals surface area contributed by atoms with Crippen LogP contribution in [-0.2, 0) is 26.2 Å². The molecule has 0 fully saturated rings. The van der Waals surface area contributed by atoms with Crippen LogP contribution in [0.4, 0.5) is 10.1 Å². The monoisotopic (exact) mass is 565 g/mol. The van der Waals surface area contributed by atoms with Gasteiger partial charge in [0.25, 0.3) is 10.0 Å². The van der Waals surface area contributed by atoms with Crippen LogP contribution in [0.15, 0.2) is 71.6 Å². The molecule has 0 spiro atoms. The molecule has 37 heavy (non-hydrogen) atoms. The maximum absolute atomic E-state index is 14.4. The average molecular weight is 566 g/mol. The second kappa shape index (κ2) is 11.9. The third-order valence-electron chi connectivity index (χ3n) is 5.79. The van der Waals surface area contributed by atoms with E-state index in [1.165, 1.54) is 62.5 Å². The number of aryl methyl sites for hydroxylation is 1. The van der Waals surface area contributed by atoms with Gasteiger partial charge in [-0.3, -0.25) is 13.9 Å². The Morgan fingerprint density at radius 3 is 2.24 bits per heavy atom. The fraction of sp³-hybridized carbons (Fsp3) is 0.231. The first-order chi connectivity index (χ1) is 17.4. The number of sulfonamides is 1. The lowest BCUT2D eigenvalue weighted by atomic mass is 10.1. The number of nitrogens with zero attached hydrogens (tertiary/aromatic N) is 2. The van der Waals surface area contributed by atoms with Gasteiger partial charge in [-0.1, -0.05) is 59.1 Å². The molecule has 0 aliphatic rings. The predicted molar refractivity (Wildman–Crippen MR) is 143 cm³/mol. The molecule has 3 aromatic rings. The van der Waals surface area contributed by atoms with E-state index in [1.54, 1.807) is 18.2 Å². The van der Waals surface area contributed by atoms with Crippen LogP contribution in [-0.4, -0.2) is 44.8 Å². The lowest BCUT2D eigenvalue weighted by Crippen LogP contribution is -2.50. The number of benzene rings is 3. The number of carbonyl (C=O) groups excluding carboxylic acids is 2. The Hall–Kier alpha value is -3.14. The molecule has 1 atom stereocenters. The van der Waals surface area contributed by atoms with Gasteiger partial charge in [-0.15, -0.1) is 0 Å². The summed E-state index contributed by atoms with van der Waals surface area (Å²) in [5.41, 5.74) is 1.13. The van der Waals surface area contributed by atoms with Crippen molar-refractivity contribution in [1.29, 1.82) is 0 Å². The van der Waals surface area contributed by atoms with E-state index in [-0.39, 0.29) is 32.7 Å². The van der Waals surface area contributed by atoms with Crippen LogP contribution < -0.4 is 9.62 Å². The highest BCUT2D eigenvalue weighted by Crippen LogP contribution is 2.31. The number of halogens is 3. The van der Waals surface area contributed by atoms with E-state index in [1.807, 2.05) is 6.92 Å². The number of carbonyl (C=O) groups is 2. The molecule has 0 aliphatic carbocycles. The summed E-state index contributed by atoms with van der Waals surface area (Å²) in [5.74, 6) is -1.77. The molecule has 0 bridgehead atoms. The van der Waals surface area contributed by atoms with Gasteiger partial charge in [-0.25, -0.2) is 12.8 Å². The highest BCUT2D eigenvalue weighted by atomic mass is 35.5. The first-order valence-corrected chi connectivity index (χ1v) is 13.4. The Morgan fingerprint density at radius 2 is 1.65 bits per heavy atom. The highest BCUT2D eigenvalue weighted by molar-refractivity contribution is 7.92. The van der Waals surface area contributed by atoms with Crippen LogP contribution in [0.3, 0.4) is 0 Å². The Balaban J connectivity index is 2.07. The van der Waals surface area contributed by atoms with Gasteiger partial charge in [0.05, 0.1) is 20.6 Å². The van der Waals surface area contributed by atoms with Gasteiger partial charge in [0.1, 0.15) is 18.4 Å². The fourth-order valence-electron chi connectivity index (χ4n) is 3.61. The normalized spacial score (nSPS) is 12.1. The van der Waals surface area contributed by atoms with Crippen molar-refractivity contribution in [3.05, 3.63) is 93.7 Å². The summed E-state index contributed by atoms with van der Waals surface area (Å²) in [4.78, 5) is 27.2. The van der Waals surface area contributed by atoms with E-state index >= 15 is 0 Å². The molecule has 1 N–H and O–H groups in total. The molecule has 0 unspecified atom stereocenters. The van der Waals surface area contributed by atoms with E-state index in [4.69, 9.17) is 23.2 Å². The van der Waals surface area contributed by atoms with Crippen LogP contribution in [0.1, 0.15) is 18.1 Å². The summed E-state index contributed by atoms with van der Waals surface area (Å²) in [6, 6.07) is 15.2. The van der Waals surface area contributed by atoms with Gasteiger partial charge in [0.15, 0.2) is 0 Å². The lowest BCUT2D eigenvalue weighted by Gasteiger charge is -2.32. The van der Waals surface area contributed by atoms with Crippen molar-refractivity contribution < 1.29 is 22.4 Å². The molecule has 2 amide bonds. The van der Waals surface area contributed by atoms with Gasteiger partial charge in [-0.05, 0) is 50.2 Å². The van der Waals surface area contributed by atoms with Crippen molar-refractivity contribution in [2.45, 2.75) is 31.3 Å². The minimum absolute atomic E-state index is 0.0445. The van der Waals surface area contributed by atoms with Crippen molar-refractivity contribution in [1.82, 2.24) is 10.2 Å². The number of anilines is 1. The molecule has 0 heterocycles. The number of amides is 2. The molecule has 0 radical (unpaired) electrons. The molecule has 3 rings (SSSR count). The molecule has 11 heteroatoms. The second-order valence-corrected chi connectivity index (χ2v) is 11.0. The summed E-state index contributed by atoms with van der Waals surface area (Å²) >= 11 is 12.2. The Bertz CT molecular complexity index is 1400. The SMILES string of the molecule is CNC(=O)[C@H](C)N(Cc1ccccc1F)C(=O)CN(c1ccc(Cl)c(Cl)c1)S(=O)(=O)c1ccc(C)cc1. The van der Waals surface area contributed by atoms with Gasteiger partial charge in [0.2, 0.25) is 11.8 Å². The van der Waals surface area contributed by atoms with E-state index in [2.05, 4.69) is 5.32 Å². The van der Waals surface area contributed by atoms with E-state index in [0.29, 0.717) is 0 Å². The molecular weight excluding hydrogens is 540 g/mol. The quantitative estimate of drug-likeness (QED) is 0.403. The number of rotatable bonds is 9. The zero-order valence-electron chi connectivity index (χ0n) is 20.4. The zero-order chi connectivity index (χ0) is 27.3. The molecule has 196 valence electrons.